The number of hydrogen-bond acceptors (Lipinski definition) is 7. The molecule has 0 saturated heterocycles. The summed E-state index contributed by atoms with van der Waals surface area (Å²) in [6, 6.07) is 6.45. The number of benzene rings is 1. The lowest BCUT2D eigenvalue weighted by molar-refractivity contribution is -0.168. The van der Waals surface area contributed by atoms with Crippen molar-refractivity contribution in [1.29, 1.82) is 0 Å². The first-order chi connectivity index (χ1) is 12.6. The average Bonchev–Trinajstić information content (AvgIpc) is 2.60. The van der Waals surface area contributed by atoms with Crippen molar-refractivity contribution in [2.45, 2.75) is 44.1 Å². The highest BCUT2D eigenvalue weighted by Gasteiger charge is 2.36. The molecule has 1 aromatic carbocycles. The van der Waals surface area contributed by atoms with Crippen LogP contribution in [0.25, 0.3) is 0 Å². The fourth-order valence-corrected chi connectivity index (χ4v) is 3.70. The molecule has 0 radical (unpaired) electrons. The molecular weight excluding hydrogens is 374 g/mol. The van der Waals surface area contributed by atoms with E-state index in [1.807, 2.05) is 6.92 Å². The van der Waals surface area contributed by atoms with Gasteiger partial charge in [-0.1, -0.05) is 17.7 Å². The molecular formula is C18H23NO7S. The molecule has 0 bridgehead atoms. The Bertz CT molecular complexity index is 817. The number of rotatable bonds is 6. The third-order valence-corrected chi connectivity index (χ3v) is 5.79. The number of nitrogens with zero attached hydrogens (tertiary/aromatic N) is 1. The molecule has 0 spiro atoms. The molecule has 8 nitrogen and oxygen atoms in total. The molecule has 0 saturated carbocycles. The van der Waals surface area contributed by atoms with Crippen molar-refractivity contribution in [3.8, 4) is 0 Å². The molecule has 0 fully saturated rings. The normalized spacial score (nSPS) is 22.5. The van der Waals surface area contributed by atoms with Crippen LogP contribution in [0.1, 0.15) is 19.4 Å². The van der Waals surface area contributed by atoms with Crippen LogP contribution in [0, 0.1) is 6.92 Å². The largest absolute Gasteiger partial charge is 0.463 e. The Morgan fingerprint density at radius 2 is 1.74 bits per heavy atom. The van der Waals surface area contributed by atoms with Crippen molar-refractivity contribution < 1.29 is 32.2 Å². The quantitative estimate of drug-likeness (QED) is 0.528. The Kier molecular flexibility index (Phi) is 6.74. The monoisotopic (exact) mass is 397 g/mol. The van der Waals surface area contributed by atoms with Gasteiger partial charge in [0.15, 0.2) is 0 Å². The van der Waals surface area contributed by atoms with E-state index in [9.17, 15) is 18.0 Å². The van der Waals surface area contributed by atoms with Gasteiger partial charge in [-0.3, -0.25) is 9.59 Å². The minimum Gasteiger partial charge on any atom is -0.463 e. The SMILES string of the molecule is CC(=O)OC[C@H]1O[C@H](N(C)S(=O)(=O)c2ccc(C)cc2)C=C[C@@H]1OC(C)=O. The minimum atomic E-state index is -3.81. The van der Waals surface area contributed by atoms with E-state index in [0.29, 0.717) is 0 Å². The first-order valence-corrected chi connectivity index (χ1v) is 9.74. The number of likely N-dealkylation sites (N-methyl/N-ethyl adjacent to an activating group) is 1. The second-order valence-electron chi connectivity index (χ2n) is 6.16. The van der Waals surface area contributed by atoms with Crippen LogP contribution in [0.3, 0.4) is 0 Å². The molecule has 0 aliphatic carbocycles. The van der Waals surface area contributed by atoms with Crippen molar-refractivity contribution in [3.05, 3.63) is 42.0 Å². The maximum Gasteiger partial charge on any atom is 0.303 e. The molecule has 1 aliphatic heterocycles. The van der Waals surface area contributed by atoms with E-state index in [-0.39, 0.29) is 11.5 Å². The molecule has 148 valence electrons. The third kappa shape index (κ3) is 5.38. The van der Waals surface area contributed by atoms with Gasteiger partial charge in [0, 0.05) is 20.9 Å². The van der Waals surface area contributed by atoms with Gasteiger partial charge < -0.3 is 14.2 Å². The zero-order chi connectivity index (χ0) is 20.2. The Morgan fingerprint density at radius 3 is 2.30 bits per heavy atom. The summed E-state index contributed by atoms with van der Waals surface area (Å²) in [5.74, 6) is -1.05. The van der Waals surface area contributed by atoms with Crippen molar-refractivity contribution in [2.75, 3.05) is 13.7 Å². The van der Waals surface area contributed by atoms with E-state index in [1.54, 1.807) is 12.1 Å². The summed E-state index contributed by atoms with van der Waals surface area (Å²) < 4.78 is 42.5. The molecule has 3 atom stereocenters. The first kappa shape index (κ1) is 21.1. The molecule has 0 amide bonds. The van der Waals surface area contributed by atoms with Gasteiger partial charge in [-0.25, -0.2) is 8.42 Å². The van der Waals surface area contributed by atoms with Crippen LogP contribution in [-0.4, -0.2) is 56.8 Å². The summed E-state index contributed by atoms with van der Waals surface area (Å²) in [6.07, 6.45) is 0.467. The zero-order valence-corrected chi connectivity index (χ0v) is 16.4. The number of carbonyl (C=O) groups excluding carboxylic acids is 2. The molecule has 0 aromatic heterocycles. The third-order valence-electron chi connectivity index (χ3n) is 3.96. The maximum absolute atomic E-state index is 12.8. The highest BCUT2D eigenvalue weighted by Crippen LogP contribution is 2.24. The summed E-state index contributed by atoms with van der Waals surface area (Å²) in [4.78, 5) is 22.5. The Hall–Kier alpha value is -2.23. The van der Waals surface area contributed by atoms with Crippen LogP contribution in [-0.2, 0) is 33.8 Å². The predicted molar refractivity (Wildman–Crippen MR) is 96.1 cm³/mol. The Labute approximate surface area is 158 Å². The smallest absolute Gasteiger partial charge is 0.303 e. The van der Waals surface area contributed by atoms with Gasteiger partial charge in [-0.05, 0) is 31.2 Å². The predicted octanol–water partition coefficient (Wildman–Crippen LogP) is 1.39. The van der Waals surface area contributed by atoms with E-state index >= 15 is 0 Å². The lowest BCUT2D eigenvalue weighted by Crippen LogP contribution is -2.47. The summed E-state index contributed by atoms with van der Waals surface area (Å²) in [5, 5.41) is 0. The highest BCUT2D eigenvalue weighted by atomic mass is 32.2. The average molecular weight is 397 g/mol. The Balaban J connectivity index is 2.22. The number of sulfonamides is 1. The van der Waals surface area contributed by atoms with Crippen LogP contribution >= 0.6 is 0 Å². The molecule has 1 heterocycles. The van der Waals surface area contributed by atoms with Crippen LogP contribution in [0.2, 0.25) is 0 Å². The highest BCUT2D eigenvalue weighted by molar-refractivity contribution is 7.89. The summed E-state index contributed by atoms with van der Waals surface area (Å²) in [5.41, 5.74) is 0.941. The molecule has 1 aromatic rings. The van der Waals surface area contributed by atoms with E-state index in [2.05, 4.69) is 0 Å². The number of carbonyl (C=O) groups is 2. The fourth-order valence-electron chi connectivity index (χ4n) is 2.49. The van der Waals surface area contributed by atoms with Gasteiger partial charge in [-0.15, -0.1) is 0 Å². The zero-order valence-electron chi connectivity index (χ0n) is 15.6. The van der Waals surface area contributed by atoms with Crippen molar-refractivity contribution in [1.82, 2.24) is 4.31 Å². The lowest BCUT2D eigenvalue weighted by Gasteiger charge is -2.35. The number of hydrogen-bond donors (Lipinski definition) is 0. The Morgan fingerprint density at radius 1 is 1.11 bits per heavy atom. The summed E-state index contributed by atoms with van der Waals surface area (Å²) >= 11 is 0. The van der Waals surface area contributed by atoms with Gasteiger partial charge in [0.05, 0.1) is 4.90 Å². The van der Waals surface area contributed by atoms with Gasteiger partial charge in [0.25, 0.3) is 0 Å². The minimum absolute atomic E-state index is 0.131. The van der Waals surface area contributed by atoms with E-state index in [1.165, 1.54) is 45.2 Å². The molecule has 0 unspecified atom stereocenters. The van der Waals surface area contributed by atoms with Crippen LogP contribution in [0.5, 0.6) is 0 Å². The van der Waals surface area contributed by atoms with Gasteiger partial charge in [-0.2, -0.15) is 4.31 Å². The number of aryl methyl sites for hydroxylation is 1. The van der Waals surface area contributed by atoms with Crippen LogP contribution < -0.4 is 0 Å². The standard InChI is InChI=1S/C18H23NO7S/c1-12-5-7-15(8-6-12)27(22,23)19(4)18-10-9-16(25-14(3)21)17(26-18)11-24-13(2)20/h5-10,16-18H,11H2,1-4H3/t16-,17+,18-/m0/s1. The van der Waals surface area contributed by atoms with E-state index in [0.717, 1.165) is 9.87 Å². The molecule has 0 N–H and O–H groups in total. The molecule has 1 aliphatic rings. The van der Waals surface area contributed by atoms with Crippen molar-refractivity contribution in [3.63, 3.8) is 0 Å². The van der Waals surface area contributed by atoms with E-state index < -0.39 is 40.4 Å². The van der Waals surface area contributed by atoms with Gasteiger partial charge in [0.1, 0.15) is 25.0 Å². The molecule has 9 heteroatoms. The summed E-state index contributed by atoms with van der Waals surface area (Å²) in [7, 11) is -2.42. The maximum atomic E-state index is 12.8. The topological polar surface area (TPSA) is 99.2 Å². The molecule has 2 rings (SSSR count). The first-order valence-electron chi connectivity index (χ1n) is 8.30. The summed E-state index contributed by atoms with van der Waals surface area (Å²) in [6.45, 7) is 4.18. The van der Waals surface area contributed by atoms with Crippen molar-refractivity contribution >= 4 is 22.0 Å². The van der Waals surface area contributed by atoms with Crippen molar-refractivity contribution in [2.24, 2.45) is 0 Å². The fraction of sp³-hybridized carbons (Fsp3) is 0.444. The second-order valence-corrected chi connectivity index (χ2v) is 8.16. The van der Waals surface area contributed by atoms with Crippen LogP contribution in [0.15, 0.2) is 41.3 Å². The lowest BCUT2D eigenvalue weighted by atomic mass is 10.1. The van der Waals surface area contributed by atoms with Crippen LogP contribution in [0.4, 0.5) is 0 Å². The number of esters is 2. The van der Waals surface area contributed by atoms with E-state index in [4.69, 9.17) is 14.2 Å². The van der Waals surface area contributed by atoms with Gasteiger partial charge >= 0.3 is 11.9 Å². The second kappa shape index (κ2) is 8.64. The number of ether oxygens (including phenoxy) is 3. The molecule has 27 heavy (non-hydrogen) atoms. The van der Waals surface area contributed by atoms with Gasteiger partial charge in [0.2, 0.25) is 10.0 Å².